The van der Waals surface area contributed by atoms with E-state index in [1.54, 1.807) is 6.92 Å². The fraction of sp³-hybridized carbons (Fsp3) is 0.444. The maximum atomic E-state index is 13.8. The van der Waals surface area contributed by atoms with Gasteiger partial charge in [-0.1, -0.05) is 0 Å². The van der Waals surface area contributed by atoms with Gasteiger partial charge in [0.2, 0.25) is 5.91 Å². The Morgan fingerprint density at radius 3 is 2.68 bits per heavy atom. The van der Waals surface area contributed by atoms with Crippen molar-refractivity contribution in [3.63, 3.8) is 0 Å². The first-order valence-corrected chi connectivity index (χ1v) is 8.47. The summed E-state index contributed by atoms with van der Waals surface area (Å²) in [5.74, 6) is -6.32. The summed E-state index contributed by atoms with van der Waals surface area (Å²) >= 11 is 0. The van der Waals surface area contributed by atoms with Gasteiger partial charge in [0.1, 0.15) is 17.4 Å². The molecular weight excluding hydrogens is 377 g/mol. The van der Waals surface area contributed by atoms with Crippen LogP contribution >= 0.6 is 0 Å². The van der Waals surface area contributed by atoms with Crippen molar-refractivity contribution in [2.75, 3.05) is 18.5 Å². The zero-order valence-electron chi connectivity index (χ0n) is 15.6. The molecule has 1 aromatic rings. The summed E-state index contributed by atoms with van der Waals surface area (Å²) in [6, 6.07) is 2.89. The maximum absolute atomic E-state index is 13.8. The lowest BCUT2D eigenvalue weighted by molar-refractivity contribution is -0.114. The molecule has 0 spiro atoms. The van der Waals surface area contributed by atoms with Crippen molar-refractivity contribution in [3.05, 3.63) is 35.0 Å². The summed E-state index contributed by atoms with van der Waals surface area (Å²) in [7, 11) is 0. The highest BCUT2D eigenvalue weighted by Crippen LogP contribution is 2.46. The van der Waals surface area contributed by atoms with E-state index >= 15 is 0 Å². The first-order chi connectivity index (χ1) is 13.0. The number of aromatic nitrogens is 1. The number of carbonyl (C=O) groups is 2. The first-order valence-electron chi connectivity index (χ1n) is 8.47. The molecule has 1 aromatic heterocycles. The molecule has 0 radical (unpaired) electrons. The maximum Gasteiger partial charge on any atom is 0.278 e. The number of amides is 2. The molecule has 0 fully saturated rings. The first kappa shape index (κ1) is 21.4. The van der Waals surface area contributed by atoms with Crippen LogP contribution in [-0.2, 0) is 9.53 Å². The summed E-state index contributed by atoms with van der Waals surface area (Å²) in [6.45, 7) is 2.57. The van der Waals surface area contributed by atoms with Gasteiger partial charge in [0.15, 0.2) is 6.61 Å². The smallest absolute Gasteiger partial charge is 0.278 e. The zero-order chi connectivity index (χ0) is 21.1. The molecule has 1 aliphatic carbocycles. The Balaban J connectivity index is 1.95. The van der Waals surface area contributed by atoms with E-state index < -0.39 is 36.1 Å². The normalized spacial score (nSPS) is 17.0. The molecule has 3 N–H and O–H groups in total. The number of hydrogen-bond acceptors (Lipinski definition) is 5. The lowest BCUT2D eigenvalue weighted by Crippen LogP contribution is -2.32. The van der Waals surface area contributed by atoms with Gasteiger partial charge < -0.3 is 20.8 Å². The number of nitrogens with one attached hydrogen (secondary N) is 3. The van der Waals surface area contributed by atoms with Crippen molar-refractivity contribution in [2.45, 2.75) is 26.7 Å². The number of pyridine rings is 1. The molecule has 0 aliphatic heterocycles. The molecule has 1 heterocycles. The van der Waals surface area contributed by atoms with Crippen LogP contribution in [0.15, 0.2) is 23.7 Å². The van der Waals surface area contributed by atoms with Crippen LogP contribution in [0.2, 0.25) is 0 Å². The van der Waals surface area contributed by atoms with E-state index in [1.165, 1.54) is 19.1 Å². The van der Waals surface area contributed by atoms with Crippen molar-refractivity contribution < 1.29 is 27.5 Å². The van der Waals surface area contributed by atoms with Crippen LogP contribution in [0.3, 0.4) is 0 Å². The summed E-state index contributed by atoms with van der Waals surface area (Å²) in [5, 5.41) is 12.5. The van der Waals surface area contributed by atoms with Crippen LogP contribution in [-0.4, -0.2) is 42.1 Å². The third-order valence-corrected chi connectivity index (χ3v) is 3.85. The summed E-state index contributed by atoms with van der Waals surface area (Å²) in [6.07, 6.45) is 0.936. The van der Waals surface area contributed by atoms with Crippen LogP contribution in [0, 0.1) is 24.2 Å². The minimum Gasteiger partial charge on any atom is -0.488 e. The molecule has 28 heavy (non-hydrogen) atoms. The lowest BCUT2D eigenvalue weighted by atomic mass is 10.0. The Morgan fingerprint density at radius 1 is 1.43 bits per heavy atom. The summed E-state index contributed by atoms with van der Waals surface area (Å²) < 4.78 is 44.2. The Bertz CT molecular complexity index is 821. The Kier molecular flexibility index (Phi) is 6.42. The number of carbonyl (C=O) groups excluding carboxylic acids is 2. The number of rotatable bonds is 9. The van der Waals surface area contributed by atoms with Crippen LogP contribution in [0.4, 0.5) is 19.0 Å². The van der Waals surface area contributed by atoms with E-state index in [4.69, 9.17) is 10.1 Å². The van der Waals surface area contributed by atoms with Crippen LogP contribution in [0.1, 0.15) is 29.9 Å². The fourth-order valence-corrected chi connectivity index (χ4v) is 2.57. The molecule has 0 aromatic carbocycles. The molecule has 2 amide bonds. The monoisotopic (exact) mass is 398 g/mol. The standard InChI is InChI=1S/C18H21F3N4O3/c1-9-4-11(5-13(24-9)25-10(2)26)17(27)23-7-12(6-22)14-15(19)16(14)28-8-18(3,20)21/h4-6,12,14,22H,7-8H2,1-3H3,(H,23,27)(H,24,25,26). The average Bonchev–Trinajstić information content (AvgIpc) is 3.21. The molecule has 0 saturated heterocycles. The van der Waals surface area contributed by atoms with Gasteiger partial charge in [0.25, 0.3) is 11.8 Å². The van der Waals surface area contributed by atoms with Crippen molar-refractivity contribution in [3.8, 4) is 0 Å². The Hall–Kier alpha value is -2.91. The number of ether oxygens (including phenoxy) is 1. The van der Waals surface area contributed by atoms with Gasteiger partial charge in [-0.3, -0.25) is 9.59 Å². The fourth-order valence-electron chi connectivity index (χ4n) is 2.57. The molecular formula is C18H21F3N4O3. The number of anilines is 1. The molecule has 0 saturated carbocycles. The van der Waals surface area contributed by atoms with Gasteiger partial charge in [-0.2, -0.15) is 0 Å². The molecule has 2 rings (SSSR count). The second-order valence-electron chi connectivity index (χ2n) is 6.65. The van der Waals surface area contributed by atoms with E-state index in [9.17, 15) is 22.8 Å². The van der Waals surface area contributed by atoms with Gasteiger partial charge in [0.05, 0.1) is 5.92 Å². The van der Waals surface area contributed by atoms with Crippen LogP contribution in [0.5, 0.6) is 0 Å². The largest absolute Gasteiger partial charge is 0.488 e. The molecule has 1 aliphatic rings. The van der Waals surface area contributed by atoms with E-state index in [0.29, 0.717) is 12.6 Å². The zero-order valence-corrected chi connectivity index (χ0v) is 15.6. The molecule has 2 unspecified atom stereocenters. The number of hydrogen-bond donors (Lipinski definition) is 3. The van der Waals surface area contributed by atoms with E-state index in [-0.39, 0.29) is 29.6 Å². The molecule has 152 valence electrons. The minimum atomic E-state index is -3.10. The van der Waals surface area contributed by atoms with Crippen LogP contribution in [0.25, 0.3) is 0 Å². The number of alkyl halides is 2. The predicted molar refractivity (Wildman–Crippen MR) is 96.1 cm³/mol. The summed E-state index contributed by atoms with van der Waals surface area (Å²) in [4.78, 5) is 27.6. The van der Waals surface area contributed by atoms with Gasteiger partial charge in [-0.25, -0.2) is 18.2 Å². The Morgan fingerprint density at radius 2 is 2.11 bits per heavy atom. The number of allylic oxidation sites excluding steroid dienone is 2. The number of aryl methyl sites for hydroxylation is 1. The van der Waals surface area contributed by atoms with Gasteiger partial charge in [-0.15, -0.1) is 0 Å². The quantitative estimate of drug-likeness (QED) is 0.557. The van der Waals surface area contributed by atoms with Crippen molar-refractivity contribution in [2.24, 2.45) is 11.8 Å². The third-order valence-electron chi connectivity index (χ3n) is 3.85. The van der Waals surface area contributed by atoms with Crippen molar-refractivity contribution in [1.82, 2.24) is 10.3 Å². The van der Waals surface area contributed by atoms with Gasteiger partial charge in [0, 0.05) is 43.8 Å². The Labute approximate surface area is 159 Å². The van der Waals surface area contributed by atoms with E-state index in [0.717, 1.165) is 6.21 Å². The minimum absolute atomic E-state index is 0.0906. The highest BCUT2D eigenvalue weighted by atomic mass is 19.3. The van der Waals surface area contributed by atoms with Gasteiger partial charge in [-0.05, 0) is 19.1 Å². The van der Waals surface area contributed by atoms with E-state index in [2.05, 4.69) is 15.6 Å². The molecule has 10 heteroatoms. The van der Waals surface area contributed by atoms with Crippen molar-refractivity contribution >= 4 is 23.8 Å². The van der Waals surface area contributed by atoms with Crippen molar-refractivity contribution in [1.29, 1.82) is 5.41 Å². The number of nitrogens with zero attached hydrogens (tertiary/aromatic N) is 1. The highest BCUT2D eigenvalue weighted by Gasteiger charge is 2.46. The topological polar surface area (TPSA) is 104 Å². The van der Waals surface area contributed by atoms with Crippen LogP contribution < -0.4 is 10.6 Å². The second kappa shape index (κ2) is 8.41. The SMILES string of the molecule is CC(=O)Nc1cc(C(=O)NCC(C=N)C2C(F)=C2OCC(C)(F)F)cc(C)n1. The molecule has 7 nitrogen and oxygen atoms in total. The van der Waals surface area contributed by atoms with E-state index in [1.807, 2.05) is 0 Å². The lowest BCUT2D eigenvalue weighted by Gasteiger charge is -2.15. The molecule has 2 atom stereocenters. The third kappa shape index (κ3) is 5.80. The highest BCUT2D eigenvalue weighted by molar-refractivity contribution is 5.96. The predicted octanol–water partition coefficient (Wildman–Crippen LogP) is 2.83. The van der Waals surface area contributed by atoms with Gasteiger partial charge >= 0.3 is 0 Å². The molecule has 0 bridgehead atoms. The average molecular weight is 398 g/mol. The summed E-state index contributed by atoms with van der Waals surface area (Å²) in [5.41, 5.74) is 0.734. The number of halogens is 3. The second-order valence-corrected chi connectivity index (χ2v) is 6.65.